The summed E-state index contributed by atoms with van der Waals surface area (Å²) in [5.41, 5.74) is 4.96. The van der Waals surface area contributed by atoms with E-state index in [-0.39, 0.29) is 12.4 Å². The Morgan fingerprint density at radius 2 is 1.79 bits per heavy atom. The van der Waals surface area contributed by atoms with Gasteiger partial charge in [-0.05, 0) is 46.7 Å². The maximum Gasteiger partial charge on any atom is 0.276 e. The number of hydrogen-bond acceptors (Lipinski definition) is 4. The maximum atomic E-state index is 13.6. The minimum Gasteiger partial charge on any atom is -0.494 e. The van der Waals surface area contributed by atoms with E-state index in [1.165, 1.54) is 31.4 Å². The number of hydrazine groups is 1. The number of methoxy groups -OCH3 is 1. The van der Waals surface area contributed by atoms with Gasteiger partial charge in [-0.15, -0.1) is 0 Å². The van der Waals surface area contributed by atoms with Gasteiger partial charge in [-0.1, -0.05) is 36.4 Å². The number of hydrogen-bond donors (Lipinski definition) is 2. The molecular formula is C22H19FN2O4. The van der Waals surface area contributed by atoms with Crippen molar-refractivity contribution in [1.29, 1.82) is 0 Å². The number of carbonyl (C=O) groups excluding carboxylic acids is 2. The topological polar surface area (TPSA) is 76.7 Å². The average Bonchev–Trinajstić information content (AvgIpc) is 2.74. The SMILES string of the molecule is COc1ccc(C=CC(=O)NNC(=O)COc2ccc3ccccc3c2)cc1F. The first-order chi connectivity index (χ1) is 14.0. The molecule has 0 heterocycles. The van der Waals surface area contributed by atoms with Crippen LogP contribution in [0.25, 0.3) is 16.8 Å². The summed E-state index contributed by atoms with van der Waals surface area (Å²) in [6.07, 6.45) is 2.58. The minimum absolute atomic E-state index is 0.116. The van der Waals surface area contributed by atoms with Gasteiger partial charge in [0.15, 0.2) is 18.2 Å². The van der Waals surface area contributed by atoms with Crippen LogP contribution in [-0.2, 0) is 9.59 Å². The third kappa shape index (κ3) is 5.55. The zero-order valence-corrected chi connectivity index (χ0v) is 15.6. The van der Waals surface area contributed by atoms with E-state index in [0.717, 1.165) is 10.8 Å². The molecule has 7 heteroatoms. The number of fused-ring (bicyclic) bond motifs is 1. The molecule has 0 saturated heterocycles. The van der Waals surface area contributed by atoms with Crippen molar-refractivity contribution in [1.82, 2.24) is 10.9 Å². The standard InChI is InChI=1S/C22H19FN2O4/c1-28-20-10-6-15(12-19(20)23)7-11-21(26)24-25-22(27)14-29-18-9-8-16-4-2-3-5-17(16)13-18/h2-13H,14H2,1H3,(H,24,26)(H,25,27). The van der Waals surface area contributed by atoms with E-state index >= 15 is 0 Å². The lowest BCUT2D eigenvalue weighted by molar-refractivity contribution is -0.128. The van der Waals surface area contributed by atoms with E-state index in [4.69, 9.17) is 9.47 Å². The lowest BCUT2D eigenvalue weighted by atomic mass is 10.1. The molecule has 29 heavy (non-hydrogen) atoms. The highest BCUT2D eigenvalue weighted by molar-refractivity contribution is 5.93. The van der Waals surface area contributed by atoms with Crippen LogP contribution in [0.15, 0.2) is 66.7 Å². The molecule has 0 aromatic heterocycles. The number of amides is 2. The van der Waals surface area contributed by atoms with Crippen molar-refractivity contribution in [3.05, 3.63) is 78.1 Å². The maximum absolute atomic E-state index is 13.6. The molecule has 2 amide bonds. The summed E-state index contributed by atoms with van der Waals surface area (Å²) in [6.45, 7) is -0.258. The summed E-state index contributed by atoms with van der Waals surface area (Å²) >= 11 is 0. The summed E-state index contributed by atoms with van der Waals surface area (Å²) in [5.74, 6) is -0.957. The second-order valence-corrected chi connectivity index (χ2v) is 6.06. The van der Waals surface area contributed by atoms with Crippen LogP contribution >= 0.6 is 0 Å². The Labute approximate surface area is 166 Å². The Morgan fingerprint density at radius 1 is 1.00 bits per heavy atom. The molecule has 0 radical (unpaired) electrons. The van der Waals surface area contributed by atoms with E-state index in [1.54, 1.807) is 12.1 Å². The van der Waals surface area contributed by atoms with Gasteiger partial charge in [0, 0.05) is 6.08 Å². The van der Waals surface area contributed by atoms with Crippen molar-refractivity contribution in [2.24, 2.45) is 0 Å². The van der Waals surface area contributed by atoms with Crippen LogP contribution in [0.5, 0.6) is 11.5 Å². The van der Waals surface area contributed by atoms with Crippen molar-refractivity contribution in [3.63, 3.8) is 0 Å². The van der Waals surface area contributed by atoms with Crippen LogP contribution in [0.1, 0.15) is 5.56 Å². The van der Waals surface area contributed by atoms with Crippen molar-refractivity contribution in [2.75, 3.05) is 13.7 Å². The Hall–Kier alpha value is -3.87. The molecule has 2 N–H and O–H groups in total. The molecule has 0 bridgehead atoms. The summed E-state index contributed by atoms with van der Waals surface area (Å²) < 4.78 is 23.9. The van der Waals surface area contributed by atoms with E-state index in [2.05, 4.69) is 10.9 Å². The van der Waals surface area contributed by atoms with Crippen LogP contribution in [0.4, 0.5) is 4.39 Å². The van der Waals surface area contributed by atoms with Crippen LogP contribution in [0.2, 0.25) is 0 Å². The highest BCUT2D eigenvalue weighted by Crippen LogP contribution is 2.20. The quantitative estimate of drug-likeness (QED) is 0.497. The van der Waals surface area contributed by atoms with Gasteiger partial charge in [0.25, 0.3) is 11.8 Å². The Balaban J connectivity index is 1.45. The van der Waals surface area contributed by atoms with Gasteiger partial charge in [-0.25, -0.2) is 4.39 Å². The average molecular weight is 394 g/mol. The number of halogens is 1. The van der Waals surface area contributed by atoms with Crippen LogP contribution in [0.3, 0.4) is 0 Å². The number of nitrogens with one attached hydrogen (secondary N) is 2. The Kier molecular flexibility index (Phi) is 6.42. The van der Waals surface area contributed by atoms with Crippen molar-refractivity contribution >= 4 is 28.7 Å². The molecule has 0 aliphatic heterocycles. The van der Waals surface area contributed by atoms with Crippen LogP contribution in [0, 0.1) is 5.82 Å². The van der Waals surface area contributed by atoms with Gasteiger partial charge in [-0.3, -0.25) is 20.4 Å². The number of carbonyl (C=O) groups is 2. The fourth-order valence-corrected chi connectivity index (χ4v) is 2.57. The highest BCUT2D eigenvalue weighted by Gasteiger charge is 2.05. The smallest absolute Gasteiger partial charge is 0.276 e. The number of benzene rings is 3. The predicted molar refractivity (Wildman–Crippen MR) is 108 cm³/mol. The number of rotatable bonds is 6. The van der Waals surface area contributed by atoms with Crippen molar-refractivity contribution in [3.8, 4) is 11.5 Å². The zero-order chi connectivity index (χ0) is 20.6. The molecule has 0 fully saturated rings. The van der Waals surface area contributed by atoms with Gasteiger partial charge < -0.3 is 9.47 Å². The molecule has 6 nitrogen and oxygen atoms in total. The zero-order valence-electron chi connectivity index (χ0n) is 15.6. The van der Waals surface area contributed by atoms with Gasteiger partial charge in [0.05, 0.1) is 7.11 Å². The highest BCUT2D eigenvalue weighted by atomic mass is 19.1. The minimum atomic E-state index is -0.569. The molecule has 0 saturated carbocycles. The molecular weight excluding hydrogens is 375 g/mol. The summed E-state index contributed by atoms with van der Waals surface area (Å²) in [7, 11) is 1.37. The number of ether oxygens (including phenoxy) is 2. The summed E-state index contributed by atoms with van der Waals surface area (Å²) in [5, 5.41) is 2.07. The molecule has 0 aliphatic carbocycles. The van der Waals surface area contributed by atoms with Crippen molar-refractivity contribution < 1.29 is 23.5 Å². The molecule has 0 unspecified atom stereocenters. The fourth-order valence-electron chi connectivity index (χ4n) is 2.57. The first-order valence-electron chi connectivity index (χ1n) is 8.77. The van der Waals surface area contributed by atoms with Gasteiger partial charge in [0.1, 0.15) is 5.75 Å². The Morgan fingerprint density at radius 3 is 2.55 bits per heavy atom. The van der Waals surface area contributed by atoms with Gasteiger partial charge in [-0.2, -0.15) is 0 Å². The first-order valence-corrected chi connectivity index (χ1v) is 8.77. The van der Waals surface area contributed by atoms with E-state index in [9.17, 15) is 14.0 Å². The lowest BCUT2D eigenvalue weighted by Gasteiger charge is -2.08. The lowest BCUT2D eigenvalue weighted by Crippen LogP contribution is -2.43. The molecule has 3 aromatic carbocycles. The third-order valence-corrected chi connectivity index (χ3v) is 4.02. The molecule has 0 aliphatic rings. The van der Waals surface area contributed by atoms with E-state index in [0.29, 0.717) is 11.3 Å². The summed E-state index contributed by atoms with van der Waals surface area (Å²) in [6, 6.07) is 17.6. The van der Waals surface area contributed by atoms with Crippen molar-refractivity contribution in [2.45, 2.75) is 0 Å². The fraction of sp³-hybridized carbons (Fsp3) is 0.0909. The van der Waals surface area contributed by atoms with Gasteiger partial charge >= 0.3 is 0 Å². The normalized spacial score (nSPS) is 10.7. The van der Waals surface area contributed by atoms with Gasteiger partial charge in [0.2, 0.25) is 0 Å². The molecule has 0 atom stereocenters. The monoisotopic (exact) mass is 394 g/mol. The van der Waals surface area contributed by atoms with Crippen LogP contribution < -0.4 is 20.3 Å². The molecule has 148 valence electrons. The van der Waals surface area contributed by atoms with E-state index in [1.807, 2.05) is 36.4 Å². The largest absolute Gasteiger partial charge is 0.494 e. The molecule has 0 spiro atoms. The second kappa shape index (κ2) is 9.36. The van der Waals surface area contributed by atoms with E-state index < -0.39 is 17.6 Å². The Bertz CT molecular complexity index is 1070. The first kappa shape index (κ1) is 19.9. The second-order valence-electron chi connectivity index (χ2n) is 6.06. The summed E-state index contributed by atoms with van der Waals surface area (Å²) in [4.78, 5) is 23.6. The predicted octanol–water partition coefficient (Wildman–Crippen LogP) is 3.23. The third-order valence-electron chi connectivity index (χ3n) is 4.02. The van der Waals surface area contributed by atoms with Crippen LogP contribution in [-0.4, -0.2) is 25.5 Å². The molecule has 3 rings (SSSR count). The molecule has 3 aromatic rings.